The molecule has 0 amide bonds. The van der Waals surface area contributed by atoms with Crippen LogP contribution in [-0.2, 0) is 19.7 Å². The van der Waals surface area contributed by atoms with Crippen molar-refractivity contribution in [1.82, 2.24) is 19.7 Å². The quantitative estimate of drug-likeness (QED) is 0.401. The van der Waals surface area contributed by atoms with Gasteiger partial charge < -0.3 is 10.1 Å². The molecule has 0 radical (unpaired) electrons. The van der Waals surface area contributed by atoms with Crippen LogP contribution in [0.25, 0.3) is 16.7 Å². The van der Waals surface area contributed by atoms with Crippen LogP contribution >= 0.6 is 0 Å². The van der Waals surface area contributed by atoms with Gasteiger partial charge in [-0.05, 0) is 36.4 Å². The van der Waals surface area contributed by atoms with E-state index < -0.39 is 36.7 Å². The van der Waals surface area contributed by atoms with Crippen molar-refractivity contribution >= 4 is 42.2 Å². The van der Waals surface area contributed by atoms with E-state index in [1.807, 2.05) is 0 Å². The van der Waals surface area contributed by atoms with Gasteiger partial charge in [-0.1, -0.05) is 6.07 Å². The third kappa shape index (κ3) is 5.35. The van der Waals surface area contributed by atoms with Gasteiger partial charge in [0.2, 0.25) is 0 Å². The number of nitrogens with one attached hydrogen (secondary N) is 1. The summed E-state index contributed by atoms with van der Waals surface area (Å²) in [6.07, 6.45) is -0.425. The highest BCUT2D eigenvalue weighted by Gasteiger charge is 2.31. The molecule has 184 valence electrons. The third-order valence-electron chi connectivity index (χ3n) is 4.64. The smallest absolute Gasteiger partial charge is 0.406 e. The van der Waals surface area contributed by atoms with Crippen LogP contribution < -0.4 is 10.1 Å². The highest BCUT2D eigenvalue weighted by Crippen LogP contribution is 2.31. The molecule has 0 bridgehead atoms. The molecule has 35 heavy (non-hydrogen) atoms. The molecule has 4 rings (SSSR count). The molecular formula is C20H16F3N5O5S2. The van der Waals surface area contributed by atoms with Crippen LogP contribution in [0.3, 0.4) is 0 Å². The van der Waals surface area contributed by atoms with E-state index in [1.165, 1.54) is 47.5 Å². The van der Waals surface area contributed by atoms with E-state index >= 15 is 0 Å². The minimum atomic E-state index is -4.82. The average molecular weight is 528 g/mol. The topological polar surface area (TPSA) is 133 Å². The van der Waals surface area contributed by atoms with Crippen LogP contribution in [0, 0.1) is 0 Å². The highest BCUT2D eigenvalue weighted by atomic mass is 32.2. The third-order valence-corrected chi connectivity index (χ3v) is 7.08. The van der Waals surface area contributed by atoms with Crippen LogP contribution in [0.1, 0.15) is 0 Å². The number of sulfone groups is 2. The first-order chi connectivity index (χ1) is 16.2. The molecule has 0 aliphatic rings. The Morgan fingerprint density at radius 1 is 0.943 bits per heavy atom. The Morgan fingerprint density at radius 3 is 2.23 bits per heavy atom. The molecule has 4 aromatic rings. The van der Waals surface area contributed by atoms with Crippen molar-refractivity contribution in [1.29, 1.82) is 0 Å². The lowest BCUT2D eigenvalue weighted by molar-refractivity contribution is -0.274. The molecular weight excluding hydrogens is 511 g/mol. The maximum absolute atomic E-state index is 12.5. The number of hydrogen-bond donors (Lipinski definition) is 1. The van der Waals surface area contributed by atoms with Gasteiger partial charge in [0, 0.05) is 24.4 Å². The van der Waals surface area contributed by atoms with Crippen LogP contribution in [0.2, 0.25) is 0 Å². The van der Waals surface area contributed by atoms with Crippen LogP contribution in [0.5, 0.6) is 5.75 Å². The van der Waals surface area contributed by atoms with Crippen LogP contribution in [0.4, 0.5) is 24.7 Å². The number of benzene rings is 2. The molecule has 0 saturated carbocycles. The summed E-state index contributed by atoms with van der Waals surface area (Å²) in [6, 6.07) is 8.91. The molecule has 2 aromatic carbocycles. The van der Waals surface area contributed by atoms with Crippen LogP contribution in [-0.4, -0.2) is 55.5 Å². The van der Waals surface area contributed by atoms with E-state index in [-0.39, 0.29) is 22.0 Å². The second kappa shape index (κ2) is 8.49. The molecule has 1 N–H and O–H groups in total. The zero-order valence-corrected chi connectivity index (χ0v) is 19.6. The van der Waals surface area contributed by atoms with Crippen molar-refractivity contribution < 1.29 is 34.7 Å². The number of anilines is 2. The number of hydrogen-bond acceptors (Lipinski definition) is 9. The lowest BCUT2D eigenvalue weighted by atomic mass is 10.3. The first-order valence-corrected chi connectivity index (χ1v) is 13.4. The number of aromatic nitrogens is 4. The zero-order chi connectivity index (χ0) is 25.6. The van der Waals surface area contributed by atoms with Gasteiger partial charge in [0.1, 0.15) is 22.8 Å². The second-order valence-corrected chi connectivity index (χ2v) is 11.3. The Kier molecular flexibility index (Phi) is 5.92. The van der Waals surface area contributed by atoms with Gasteiger partial charge >= 0.3 is 6.36 Å². The van der Waals surface area contributed by atoms with Gasteiger partial charge in [0.25, 0.3) is 0 Å². The van der Waals surface area contributed by atoms with Crippen molar-refractivity contribution in [3.05, 3.63) is 55.0 Å². The van der Waals surface area contributed by atoms with E-state index in [4.69, 9.17) is 0 Å². The SMILES string of the molecule is CS(=O)(=O)c1cccc(-n2cc3c(Nc4ccc(OC(F)(F)F)cc4)ncnc3n2)c1S(C)(=O)=O. The number of alkyl halides is 3. The van der Waals surface area contributed by atoms with Crippen molar-refractivity contribution in [2.75, 3.05) is 17.8 Å². The molecule has 0 atom stereocenters. The maximum Gasteiger partial charge on any atom is 0.573 e. The average Bonchev–Trinajstić information content (AvgIpc) is 3.18. The van der Waals surface area contributed by atoms with Crippen molar-refractivity contribution in [3.8, 4) is 11.4 Å². The summed E-state index contributed by atoms with van der Waals surface area (Å²) >= 11 is 0. The fourth-order valence-electron chi connectivity index (χ4n) is 3.29. The molecule has 0 spiro atoms. The fraction of sp³-hybridized carbons (Fsp3) is 0.150. The summed E-state index contributed by atoms with van der Waals surface area (Å²) in [6.45, 7) is 0. The predicted molar refractivity (Wildman–Crippen MR) is 119 cm³/mol. The summed E-state index contributed by atoms with van der Waals surface area (Å²) in [4.78, 5) is 7.38. The maximum atomic E-state index is 12.5. The molecule has 2 aromatic heterocycles. The molecule has 15 heteroatoms. The summed E-state index contributed by atoms with van der Waals surface area (Å²) in [5.41, 5.74) is 0.528. The van der Waals surface area contributed by atoms with Gasteiger partial charge in [-0.15, -0.1) is 18.3 Å². The van der Waals surface area contributed by atoms with Gasteiger partial charge in [0.15, 0.2) is 25.3 Å². The molecule has 0 fully saturated rings. The minimum absolute atomic E-state index is 0.00646. The van der Waals surface area contributed by atoms with Gasteiger partial charge in [-0.25, -0.2) is 31.5 Å². The molecule has 2 heterocycles. The monoisotopic (exact) mass is 527 g/mol. The van der Waals surface area contributed by atoms with E-state index in [2.05, 4.69) is 25.1 Å². The zero-order valence-electron chi connectivity index (χ0n) is 18.0. The van der Waals surface area contributed by atoms with Crippen molar-refractivity contribution in [3.63, 3.8) is 0 Å². The number of fused-ring (bicyclic) bond motifs is 1. The van der Waals surface area contributed by atoms with E-state index in [0.29, 0.717) is 11.1 Å². The van der Waals surface area contributed by atoms with Gasteiger partial charge in [-0.3, -0.25) is 0 Å². The molecule has 0 unspecified atom stereocenters. The van der Waals surface area contributed by atoms with E-state index in [1.54, 1.807) is 0 Å². The Balaban J connectivity index is 1.77. The first-order valence-electron chi connectivity index (χ1n) is 9.59. The minimum Gasteiger partial charge on any atom is -0.406 e. The Morgan fingerprint density at radius 2 is 1.63 bits per heavy atom. The second-order valence-electron chi connectivity index (χ2n) is 7.38. The Bertz CT molecular complexity index is 1630. The summed E-state index contributed by atoms with van der Waals surface area (Å²) < 4.78 is 91.6. The molecule has 10 nitrogen and oxygen atoms in total. The van der Waals surface area contributed by atoms with Crippen molar-refractivity contribution in [2.24, 2.45) is 0 Å². The number of ether oxygens (including phenoxy) is 1. The predicted octanol–water partition coefficient (Wildman–Crippen LogP) is 3.26. The summed E-state index contributed by atoms with van der Waals surface area (Å²) in [7, 11) is -7.87. The largest absolute Gasteiger partial charge is 0.573 e. The Labute approximate surface area is 197 Å². The summed E-state index contributed by atoms with van der Waals surface area (Å²) in [5, 5.41) is 7.53. The lowest BCUT2D eigenvalue weighted by Crippen LogP contribution is -2.16. The Hall–Kier alpha value is -3.72. The fourth-order valence-corrected chi connectivity index (χ4v) is 5.94. The first kappa shape index (κ1) is 24.4. The highest BCUT2D eigenvalue weighted by molar-refractivity contribution is 7.93. The van der Waals surface area contributed by atoms with E-state index in [9.17, 15) is 30.0 Å². The van der Waals surface area contributed by atoms with E-state index in [0.717, 1.165) is 24.6 Å². The number of halogens is 3. The normalized spacial score (nSPS) is 12.6. The standard InChI is InChI=1S/C20H16F3N5O5S2/c1-34(29,30)16-5-3-4-15(17(16)35(2,31)32)28-10-14-18(24-11-25-19(14)27-28)26-12-6-8-13(9-7-12)33-20(21,22)23/h3-11H,1-2H3,(H,24,25,26,27). The van der Waals surface area contributed by atoms with Gasteiger partial charge in [0.05, 0.1) is 16.0 Å². The number of nitrogens with zero attached hydrogens (tertiary/aromatic N) is 4. The molecule has 0 saturated heterocycles. The van der Waals surface area contributed by atoms with Crippen LogP contribution in [0.15, 0.2) is 64.8 Å². The lowest BCUT2D eigenvalue weighted by Gasteiger charge is -2.12. The number of rotatable bonds is 6. The van der Waals surface area contributed by atoms with Gasteiger partial charge in [-0.2, -0.15) is 0 Å². The molecule has 0 aliphatic carbocycles. The molecule has 0 aliphatic heterocycles. The van der Waals surface area contributed by atoms with Crippen molar-refractivity contribution in [2.45, 2.75) is 16.2 Å². The summed E-state index contributed by atoms with van der Waals surface area (Å²) in [5.74, 6) is -0.173.